The summed E-state index contributed by atoms with van der Waals surface area (Å²) in [5, 5.41) is 4.71. The molecule has 2 aliphatic rings. The minimum Gasteiger partial charge on any atom is -0.339 e. The molecule has 7 heteroatoms. The van der Waals surface area contributed by atoms with E-state index in [0.717, 1.165) is 18.4 Å². The topological polar surface area (TPSA) is 73.1 Å². The monoisotopic (exact) mass is 338 g/mol. The van der Waals surface area contributed by atoms with Gasteiger partial charge in [-0.1, -0.05) is 28.9 Å². The van der Waals surface area contributed by atoms with E-state index in [1.54, 1.807) is 0 Å². The summed E-state index contributed by atoms with van der Waals surface area (Å²) in [6.07, 6.45) is 2.26. The number of aromatic nitrogens is 2. The molecule has 0 atom stereocenters. The Balaban J connectivity index is 1.41. The van der Waals surface area contributed by atoms with Crippen LogP contribution in [0.3, 0.4) is 0 Å². The first kappa shape index (κ1) is 14.2. The van der Waals surface area contributed by atoms with Crippen molar-refractivity contribution >= 4 is 21.4 Å². The van der Waals surface area contributed by atoms with Crippen molar-refractivity contribution in [1.29, 1.82) is 0 Å². The number of hydrogen-bond acceptors (Lipinski definition) is 5. The van der Waals surface area contributed by atoms with Crippen molar-refractivity contribution in [2.45, 2.75) is 25.2 Å². The summed E-state index contributed by atoms with van der Waals surface area (Å²) in [7, 11) is -2.77. The standard InChI is InChI=1S/C15H15ClN2O3S/c16-12-3-1-2-10(4-12)5-13-17-14(21-18-13)11-6-15(7-11)8-22(19,20)9-15/h1-4,11H,5-9H2. The maximum atomic E-state index is 11.3. The quantitative estimate of drug-likeness (QED) is 0.860. The molecular weight excluding hydrogens is 324 g/mol. The summed E-state index contributed by atoms with van der Waals surface area (Å²) in [4.78, 5) is 4.45. The summed E-state index contributed by atoms with van der Waals surface area (Å²) >= 11 is 5.96. The molecule has 0 amide bonds. The zero-order valence-electron chi connectivity index (χ0n) is 11.8. The van der Waals surface area contributed by atoms with Crippen molar-refractivity contribution in [3.05, 3.63) is 46.6 Å². The van der Waals surface area contributed by atoms with Crippen LogP contribution in [0.2, 0.25) is 5.02 Å². The van der Waals surface area contributed by atoms with Gasteiger partial charge in [-0.3, -0.25) is 0 Å². The van der Waals surface area contributed by atoms with E-state index < -0.39 is 9.84 Å². The van der Waals surface area contributed by atoms with E-state index in [1.165, 1.54) is 0 Å². The van der Waals surface area contributed by atoms with Gasteiger partial charge in [0.25, 0.3) is 0 Å². The number of nitrogens with zero attached hydrogens (tertiary/aromatic N) is 2. The molecule has 0 N–H and O–H groups in total. The Kier molecular flexibility index (Phi) is 3.10. The second-order valence-electron chi connectivity index (χ2n) is 6.49. The van der Waals surface area contributed by atoms with Gasteiger partial charge in [-0.05, 0) is 36.0 Å². The van der Waals surface area contributed by atoms with Gasteiger partial charge in [-0.25, -0.2) is 8.42 Å². The van der Waals surface area contributed by atoms with E-state index in [1.807, 2.05) is 24.3 Å². The lowest BCUT2D eigenvalue weighted by atomic mass is 9.63. The fourth-order valence-corrected chi connectivity index (χ4v) is 6.09. The zero-order valence-corrected chi connectivity index (χ0v) is 13.4. The Hall–Kier alpha value is -1.40. The summed E-state index contributed by atoms with van der Waals surface area (Å²) in [5.41, 5.74) is 1.03. The third-order valence-corrected chi connectivity index (χ3v) is 6.83. The van der Waals surface area contributed by atoms with Crippen LogP contribution in [0.15, 0.2) is 28.8 Å². The molecule has 2 aromatic rings. The summed E-state index contributed by atoms with van der Waals surface area (Å²) in [6.45, 7) is 0. The highest BCUT2D eigenvalue weighted by Gasteiger charge is 2.57. The van der Waals surface area contributed by atoms with Crippen LogP contribution in [0.5, 0.6) is 0 Å². The average Bonchev–Trinajstić information content (AvgIpc) is 2.80. The van der Waals surface area contributed by atoms with Gasteiger partial charge < -0.3 is 4.52 Å². The second kappa shape index (κ2) is 4.80. The Labute approximate surface area is 133 Å². The highest BCUT2D eigenvalue weighted by Crippen LogP contribution is 2.56. The zero-order chi connectivity index (χ0) is 15.4. The van der Waals surface area contributed by atoms with E-state index >= 15 is 0 Å². The number of rotatable bonds is 3. The van der Waals surface area contributed by atoms with E-state index in [2.05, 4.69) is 10.1 Å². The maximum absolute atomic E-state index is 11.3. The Morgan fingerprint density at radius 2 is 2.09 bits per heavy atom. The molecule has 1 aromatic heterocycles. The molecule has 1 aliphatic heterocycles. The lowest BCUT2D eigenvalue weighted by Crippen LogP contribution is -2.55. The van der Waals surface area contributed by atoms with Gasteiger partial charge in [-0.2, -0.15) is 4.98 Å². The third-order valence-electron chi connectivity index (χ3n) is 4.50. The van der Waals surface area contributed by atoms with E-state index in [-0.39, 0.29) is 11.3 Å². The van der Waals surface area contributed by atoms with Gasteiger partial charge in [-0.15, -0.1) is 0 Å². The van der Waals surface area contributed by atoms with Gasteiger partial charge in [0, 0.05) is 17.4 Å². The fourth-order valence-electron chi connectivity index (χ4n) is 3.62. The Morgan fingerprint density at radius 1 is 1.32 bits per heavy atom. The van der Waals surface area contributed by atoms with Crippen LogP contribution in [0.25, 0.3) is 0 Å². The summed E-state index contributed by atoms with van der Waals surface area (Å²) in [5.74, 6) is 2.11. The van der Waals surface area contributed by atoms with Crippen LogP contribution in [-0.2, 0) is 16.3 Å². The lowest BCUT2D eigenvalue weighted by molar-refractivity contribution is 0.114. The molecule has 1 aromatic carbocycles. The van der Waals surface area contributed by atoms with Gasteiger partial charge in [0.1, 0.15) is 0 Å². The van der Waals surface area contributed by atoms with Crippen LogP contribution in [0.4, 0.5) is 0 Å². The molecule has 1 spiro atoms. The van der Waals surface area contributed by atoms with Crippen LogP contribution in [-0.4, -0.2) is 30.1 Å². The van der Waals surface area contributed by atoms with Crippen molar-refractivity contribution in [1.82, 2.24) is 10.1 Å². The largest absolute Gasteiger partial charge is 0.339 e. The number of halogens is 1. The molecule has 2 heterocycles. The minimum atomic E-state index is -2.77. The van der Waals surface area contributed by atoms with Crippen molar-refractivity contribution in [2.75, 3.05) is 11.5 Å². The first-order valence-electron chi connectivity index (χ1n) is 7.21. The fraction of sp³-hybridized carbons (Fsp3) is 0.467. The molecular formula is C15H15ClN2O3S. The molecule has 1 saturated heterocycles. The minimum absolute atomic E-state index is 0.00884. The molecule has 1 saturated carbocycles. The van der Waals surface area contributed by atoms with Crippen LogP contribution in [0.1, 0.15) is 36.0 Å². The highest BCUT2D eigenvalue weighted by atomic mass is 35.5. The molecule has 0 unspecified atom stereocenters. The molecule has 22 heavy (non-hydrogen) atoms. The van der Waals surface area contributed by atoms with Crippen molar-refractivity contribution in [3.63, 3.8) is 0 Å². The molecule has 1 aliphatic carbocycles. The van der Waals surface area contributed by atoms with E-state index in [4.69, 9.17) is 16.1 Å². The predicted octanol–water partition coefficient (Wildman–Crippen LogP) is 2.61. The third kappa shape index (κ3) is 2.54. The smallest absolute Gasteiger partial charge is 0.229 e. The van der Waals surface area contributed by atoms with Crippen molar-refractivity contribution in [2.24, 2.45) is 5.41 Å². The summed E-state index contributed by atoms with van der Waals surface area (Å²) in [6, 6.07) is 7.58. The summed E-state index contributed by atoms with van der Waals surface area (Å²) < 4.78 is 28.0. The first-order chi connectivity index (χ1) is 10.4. The molecule has 116 valence electrons. The van der Waals surface area contributed by atoms with Gasteiger partial charge >= 0.3 is 0 Å². The second-order valence-corrected chi connectivity index (χ2v) is 8.99. The van der Waals surface area contributed by atoms with E-state index in [0.29, 0.717) is 34.7 Å². The van der Waals surface area contributed by atoms with E-state index in [9.17, 15) is 8.42 Å². The first-order valence-corrected chi connectivity index (χ1v) is 9.40. The predicted molar refractivity (Wildman–Crippen MR) is 81.6 cm³/mol. The number of sulfone groups is 1. The van der Waals surface area contributed by atoms with Gasteiger partial charge in [0.05, 0.1) is 11.5 Å². The number of benzene rings is 1. The number of hydrogen-bond donors (Lipinski definition) is 0. The Morgan fingerprint density at radius 3 is 2.77 bits per heavy atom. The molecule has 4 rings (SSSR count). The van der Waals surface area contributed by atoms with Crippen LogP contribution in [0, 0.1) is 5.41 Å². The SMILES string of the molecule is O=S1(=O)CC2(CC(c3nc(Cc4cccc(Cl)c4)no3)C2)C1. The van der Waals surface area contributed by atoms with Gasteiger partial charge in [0.15, 0.2) is 15.7 Å². The Bertz CT molecular complexity index is 811. The maximum Gasteiger partial charge on any atom is 0.229 e. The molecule has 2 fully saturated rings. The highest BCUT2D eigenvalue weighted by molar-refractivity contribution is 7.92. The van der Waals surface area contributed by atoms with Crippen LogP contribution >= 0.6 is 11.6 Å². The lowest BCUT2D eigenvalue weighted by Gasteiger charge is -2.51. The molecule has 5 nitrogen and oxygen atoms in total. The average molecular weight is 339 g/mol. The molecule has 0 radical (unpaired) electrons. The molecule has 0 bridgehead atoms. The van der Waals surface area contributed by atoms with Crippen molar-refractivity contribution in [3.8, 4) is 0 Å². The van der Waals surface area contributed by atoms with Gasteiger partial charge in [0.2, 0.25) is 5.89 Å². The van der Waals surface area contributed by atoms with Crippen molar-refractivity contribution < 1.29 is 12.9 Å². The van der Waals surface area contributed by atoms with Crippen LogP contribution < -0.4 is 0 Å². The normalized spacial score (nSPS) is 22.2.